The number of carbonyl (C=O) groups excluding carboxylic acids is 1. The van der Waals surface area contributed by atoms with Gasteiger partial charge in [-0.25, -0.2) is 0 Å². The molecule has 1 saturated carbocycles. The van der Waals surface area contributed by atoms with Crippen molar-refractivity contribution >= 4 is 41.5 Å². The lowest BCUT2D eigenvalue weighted by Crippen LogP contribution is -2.64. The number of nitrogens with one attached hydrogen (secondary N) is 1. The zero-order valence-electron chi connectivity index (χ0n) is 13.6. The highest BCUT2D eigenvalue weighted by atomic mass is 35.5. The second kappa shape index (κ2) is 8.43. The maximum absolute atomic E-state index is 11.6. The van der Waals surface area contributed by atoms with E-state index in [0.717, 1.165) is 25.7 Å². The molecule has 0 heterocycles. The van der Waals surface area contributed by atoms with Crippen molar-refractivity contribution in [2.45, 2.75) is 44.4 Å². The number of ether oxygens (including phenoxy) is 1. The molecule has 1 N–H and O–H groups in total. The lowest BCUT2D eigenvalue weighted by molar-refractivity contribution is -0.132. The predicted molar refractivity (Wildman–Crippen MR) is 96.8 cm³/mol. The number of para-hydroxylation sites is 1. The molecular formula is C16H23Cl3N2O2. The Morgan fingerprint density at radius 2 is 1.91 bits per heavy atom. The fourth-order valence-corrected chi connectivity index (χ4v) is 3.54. The molecule has 7 heteroatoms. The molecule has 0 aromatic heterocycles. The monoisotopic (exact) mass is 380 g/mol. The molecule has 23 heavy (non-hydrogen) atoms. The van der Waals surface area contributed by atoms with E-state index in [0.29, 0.717) is 15.8 Å². The molecule has 4 nitrogen and oxygen atoms in total. The molecule has 2 unspecified atom stereocenters. The minimum Gasteiger partial charge on any atom is -0.467 e. The van der Waals surface area contributed by atoms with Gasteiger partial charge in [0.15, 0.2) is 11.5 Å². The molecule has 1 fully saturated rings. The van der Waals surface area contributed by atoms with Crippen LogP contribution in [0.4, 0.5) is 0 Å². The highest BCUT2D eigenvalue weighted by Crippen LogP contribution is 2.40. The first-order chi connectivity index (χ1) is 10.4. The summed E-state index contributed by atoms with van der Waals surface area (Å²) >= 11 is 12.5. The Labute approximate surface area is 153 Å². The van der Waals surface area contributed by atoms with Crippen LogP contribution in [0.25, 0.3) is 0 Å². The van der Waals surface area contributed by atoms with E-state index in [4.69, 9.17) is 27.9 Å². The molecule has 0 spiro atoms. The number of likely N-dealkylation sites (N-methyl/N-ethyl adjacent to an activating group) is 1. The fourth-order valence-electron chi connectivity index (χ4n) is 3.06. The summed E-state index contributed by atoms with van der Waals surface area (Å²) in [5, 5.41) is 3.97. The van der Waals surface area contributed by atoms with Gasteiger partial charge in [0.05, 0.1) is 16.1 Å². The second-order valence-corrected chi connectivity index (χ2v) is 6.71. The van der Waals surface area contributed by atoms with Crippen LogP contribution in [0, 0.1) is 0 Å². The summed E-state index contributed by atoms with van der Waals surface area (Å²) in [7, 11) is 3.90. The Kier molecular flexibility index (Phi) is 7.46. The lowest BCUT2D eigenvalue weighted by atomic mass is 9.85. The van der Waals surface area contributed by atoms with Crippen LogP contribution >= 0.6 is 35.6 Å². The highest BCUT2D eigenvalue weighted by molar-refractivity contribution is 6.37. The topological polar surface area (TPSA) is 41.6 Å². The number of rotatable bonds is 4. The third-order valence-electron chi connectivity index (χ3n) is 4.15. The second-order valence-electron chi connectivity index (χ2n) is 5.89. The van der Waals surface area contributed by atoms with E-state index in [2.05, 4.69) is 5.32 Å². The van der Waals surface area contributed by atoms with E-state index in [-0.39, 0.29) is 24.4 Å². The molecule has 2 atom stereocenters. The molecule has 1 amide bonds. The van der Waals surface area contributed by atoms with Crippen molar-refractivity contribution in [3.8, 4) is 5.75 Å². The van der Waals surface area contributed by atoms with Gasteiger partial charge in [-0.3, -0.25) is 9.69 Å². The van der Waals surface area contributed by atoms with Crippen molar-refractivity contribution in [1.82, 2.24) is 10.2 Å². The van der Waals surface area contributed by atoms with Crippen molar-refractivity contribution in [2.24, 2.45) is 0 Å². The lowest BCUT2D eigenvalue weighted by Gasteiger charge is -2.48. The average molecular weight is 382 g/mol. The van der Waals surface area contributed by atoms with Crippen molar-refractivity contribution in [2.75, 3.05) is 14.1 Å². The number of hydrogen-bond donors (Lipinski definition) is 1. The molecule has 0 radical (unpaired) electrons. The SMILES string of the molecule is CC(=O)NC1CCCCC1(Oc1c(Cl)cccc1Cl)N(C)C.Cl. The first-order valence-electron chi connectivity index (χ1n) is 7.44. The van der Waals surface area contributed by atoms with Crippen LogP contribution < -0.4 is 10.1 Å². The third-order valence-corrected chi connectivity index (χ3v) is 4.75. The third kappa shape index (κ3) is 4.44. The van der Waals surface area contributed by atoms with E-state index >= 15 is 0 Å². The standard InChI is InChI=1S/C16H22Cl2N2O2.ClH/c1-11(21)19-14-9-4-5-10-16(14,20(2)3)22-15-12(17)7-6-8-13(15)18;/h6-8,14H,4-5,9-10H2,1-3H3,(H,19,21);1H. The Hall–Kier alpha value is -0.680. The Morgan fingerprint density at radius 3 is 2.43 bits per heavy atom. The molecule has 130 valence electrons. The number of halogens is 3. The molecule has 0 aliphatic heterocycles. The van der Waals surface area contributed by atoms with Gasteiger partial charge in [-0.05, 0) is 39.1 Å². The van der Waals surface area contributed by atoms with E-state index in [9.17, 15) is 4.79 Å². The van der Waals surface area contributed by atoms with Gasteiger partial charge in [0.25, 0.3) is 0 Å². The quantitative estimate of drug-likeness (QED) is 0.797. The van der Waals surface area contributed by atoms with Gasteiger partial charge in [-0.2, -0.15) is 0 Å². The summed E-state index contributed by atoms with van der Waals surface area (Å²) < 4.78 is 6.33. The fraction of sp³-hybridized carbons (Fsp3) is 0.562. The molecule has 1 aliphatic carbocycles. The van der Waals surface area contributed by atoms with Crippen LogP contribution in [0.1, 0.15) is 32.6 Å². The maximum atomic E-state index is 11.6. The van der Waals surface area contributed by atoms with Crippen molar-refractivity contribution in [1.29, 1.82) is 0 Å². The van der Waals surface area contributed by atoms with E-state index in [1.165, 1.54) is 6.92 Å². The molecule has 0 bridgehead atoms. The van der Waals surface area contributed by atoms with Gasteiger partial charge in [0.1, 0.15) is 0 Å². The number of carbonyl (C=O) groups is 1. The van der Waals surface area contributed by atoms with Gasteiger partial charge in [0, 0.05) is 13.3 Å². The summed E-state index contributed by atoms with van der Waals surface area (Å²) in [6, 6.07) is 5.18. The van der Waals surface area contributed by atoms with Gasteiger partial charge in [0.2, 0.25) is 5.91 Å². The van der Waals surface area contributed by atoms with Gasteiger partial charge in [-0.15, -0.1) is 12.4 Å². The predicted octanol–water partition coefficient (Wildman–Crippen LogP) is 4.13. The smallest absolute Gasteiger partial charge is 0.217 e. The summed E-state index contributed by atoms with van der Waals surface area (Å²) in [5.74, 6) is 0.406. The minimum absolute atomic E-state index is 0. The average Bonchev–Trinajstić information content (AvgIpc) is 2.44. The van der Waals surface area contributed by atoms with Crippen molar-refractivity contribution in [3.05, 3.63) is 28.2 Å². The summed E-state index contributed by atoms with van der Waals surface area (Å²) in [4.78, 5) is 13.6. The first kappa shape index (κ1) is 20.4. The van der Waals surface area contributed by atoms with E-state index in [1.807, 2.05) is 19.0 Å². The zero-order valence-corrected chi connectivity index (χ0v) is 15.9. The van der Waals surface area contributed by atoms with E-state index < -0.39 is 5.72 Å². The van der Waals surface area contributed by atoms with Crippen LogP contribution in [0.2, 0.25) is 10.0 Å². The Morgan fingerprint density at radius 1 is 1.30 bits per heavy atom. The molecule has 2 rings (SSSR count). The van der Waals surface area contributed by atoms with Crippen LogP contribution in [0.3, 0.4) is 0 Å². The van der Waals surface area contributed by atoms with Crippen LogP contribution in [-0.4, -0.2) is 36.7 Å². The van der Waals surface area contributed by atoms with Crippen LogP contribution in [-0.2, 0) is 4.79 Å². The normalized spacial score (nSPS) is 24.0. The maximum Gasteiger partial charge on any atom is 0.217 e. The largest absolute Gasteiger partial charge is 0.467 e. The number of amides is 1. The molecular weight excluding hydrogens is 359 g/mol. The molecule has 0 saturated heterocycles. The number of hydrogen-bond acceptors (Lipinski definition) is 3. The minimum atomic E-state index is -0.654. The highest BCUT2D eigenvalue weighted by Gasteiger charge is 2.46. The van der Waals surface area contributed by atoms with Gasteiger partial charge < -0.3 is 10.1 Å². The first-order valence-corrected chi connectivity index (χ1v) is 8.20. The summed E-state index contributed by atoms with van der Waals surface area (Å²) in [6.45, 7) is 1.53. The van der Waals surface area contributed by atoms with Crippen LogP contribution in [0.15, 0.2) is 18.2 Å². The number of nitrogens with zero attached hydrogens (tertiary/aromatic N) is 1. The zero-order chi connectivity index (χ0) is 16.3. The molecule has 1 aromatic carbocycles. The van der Waals surface area contributed by atoms with Crippen molar-refractivity contribution < 1.29 is 9.53 Å². The van der Waals surface area contributed by atoms with Gasteiger partial charge >= 0.3 is 0 Å². The Bertz CT molecular complexity index is 534. The van der Waals surface area contributed by atoms with Crippen LogP contribution in [0.5, 0.6) is 5.75 Å². The summed E-state index contributed by atoms with van der Waals surface area (Å²) in [6.07, 6.45) is 3.74. The number of benzene rings is 1. The van der Waals surface area contributed by atoms with Crippen molar-refractivity contribution in [3.63, 3.8) is 0 Å². The Balaban J connectivity index is 0.00000264. The van der Waals surface area contributed by atoms with Gasteiger partial charge in [-0.1, -0.05) is 35.7 Å². The molecule has 1 aliphatic rings. The summed E-state index contributed by atoms with van der Waals surface area (Å²) in [5.41, 5.74) is -0.654. The molecule has 1 aromatic rings. The van der Waals surface area contributed by atoms with E-state index in [1.54, 1.807) is 18.2 Å².